The van der Waals surface area contributed by atoms with Crippen LogP contribution in [0.1, 0.15) is 27.8 Å². The van der Waals surface area contributed by atoms with Crippen molar-refractivity contribution < 1.29 is 13.2 Å². The van der Waals surface area contributed by atoms with Gasteiger partial charge < -0.3 is 9.13 Å². The van der Waals surface area contributed by atoms with E-state index in [0.29, 0.717) is 22.5 Å². The summed E-state index contributed by atoms with van der Waals surface area (Å²) in [5.41, 5.74) is 6.65. The maximum absolute atomic E-state index is 14.1. The number of nitriles is 2. The highest BCUT2D eigenvalue weighted by Crippen LogP contribution is 2.41. The third-order valence-electron chi connectivity index (χ3n) is 9.07. The van der Waals surface area contributed by atoms with Crippen LogP contribution in [0.25, 0.3) is 66.1 Å². The van der Waals surface area contributed by atoms with Crippen LogP contribution in [0.5, 0.6) is 0 Å². The Labute approximate surface area is 273 Å². The van der Waals surface area contributed by atoms with Crippen molar-refractivity contribution in [3.05, 3.63) is 143 Å². The Balaban J connectivity index is 1.57. The SMILES string of the molecule is Cc1ccc2c(c1)c1ccccc1n2-c1cc(-c2cc(C#N)cc(C(F)(F)F)c2)cc(-n2c3ccccc3c3cc(C)ccc32)c1C#N. The third kappa shape index (κ3) is 4.44. The van der Waals surface area contributed by atoms with Crippen molar-refractivity contribution in [2.75, 3.05) is 0 Å². The zero-order valence-corrected chi connectivity index (χ0v) is 25.9. The number of alkyl halides is 3. The normalized spacial score (nSPS) is 11.8. The van der Waals surface area contributed by atoms with E-state index in [1.807, 2.05) is 102 Å². The van der Waals surface area contributed by atoms with Crippen LogP contribution in [-0.2, 0) is 6.18 Å². The Kier molecular flexibility index (Phi) is 6.44. The van der Waals surface area contributed by atoms with Crippen molar-refractivity contribution in [1.29, 1.82) is 10.5 Å². The van der Waals surface area contributed by atoms with Crippen molar-refractivity contribution in [2.45, 2.75) is 20.0 Å². The second-order valence-electron chi connectivity index (χ2n) is 12.2. The number of para-hydroxylation sites is 2. The molecule has 0 aliphatic heterocycles. The van der Waals surface area contributed by atoms with E-state index in [-0.39, 0.29) is 11.1 Å². The van der Waals surface area contributed by atoms with E-state index in [4.69, 9.17) is 0 Å². The monoisotopic (exact) mass is 630 g/mol. The molecule has 0 amide bonds. The van der Waals surface area contributed by atoms with Crippen molar-refractivity contribution >= 4 is 43.6 Å². The summed E-state index contributed by atoms with van der Waals surface area (Å²) in [6.45, 7) is 4.05. The number of nitrogens with zero attached hydrogens (tertiary/aromatic N) is 4. The topological polar surface area (TPSA) is 57.4 Å². The molecule has 0 unspecified atom stereocenters. The first-order valence-electron chi connectivity index (χ1n) is 15.4. The second kappa shape index (κ2) is 10.6. The predicted molar refractivity (Wildman–Crippen MR) is 184 cm³/mol. The molecule has 0 bridgehead atoms. The van der Waals surface area contributed by atoms with Gasteiger partial charge in [0.1, 0.15) is 11.6 Å². The fourth-order valence-electron chi connectivity index (χ4n) is 6.96. The molecule has 0 aliphatic carbocycles. The van der Waals surface area contributed by atoms with E-state index in [1.165, 1.54) is 6.07 Å². The van der Waals surface area contributed by atoms with Crippen LogP contribution in [0.2, 0.25) is 0 Å². The first-order chi connectivity index (χ1) is 23.2. The number of halogens is 3. The molecule has 0 spiro atoms. The van der Waals surface area contributed by atoms with Crippen LogP contribution in [0, 0.1) is 36.5 Å². The Morgan fingerprint density at radius 3 is 1.48 bits per heavy atom. The molecule has 230 valence electrons. The number of hydrogen-bond donors (Lipinski definition) is 0. The summed E-state index contributed by atoms with van der Waals surface area (Å²) in [6.07, 6.45) is -4.66. The molecule has 48 heavy (non-hydrogen) atoms. The molecule has 7 heteroatoms. The Hall–Kier alpha value is -6.31. The summed E-state index contributed by atoms with van der Waals surface area (Å²) < 4.78 is 46.4. The highest BCUT2D eigenvalue weighted by molar-refractivity contribution is 6.11. The lowest BCUT2D eigenvalue weighted by atomic mass is 9.96. The van der Waals surface area contributed by atoms with Crippen molar-refractivity contribution in [3.63, 3.8) is 0 Å². The zero-order valence-electron chi connectivity index (χ0n) is 25.9. The Morgan fingerprint density at radius 1 is 0.521 bits per heavy atom. The summed E-state index contributed by atoms with van der Waals surface area (Å²) in [5.74, 6) is 0. The summed E-state index contributed by atoms with van der Waals surface area (Å²) >= 11 is 0. The molecule has 0 N–H and O–H groups in total. The highest BCUT2D eigenvalue weighted by Gasteiger charge is 2.32. The number of hydrogen-bond acceptors (Lipinski definition) is 2. The molecule has 2 aromatic heterocycles. The van der Waals surface area contributed by atoms with Gasteiger partial charge in [0.25, 0.3) is 0 Å². The zero-order chi connectivity index (χ0) is 33.3. The fraction of sp³-hybridized carbons (Fsp3) is 0.0732. The molecule has 8 rings (SSSR count). The molecule has 0 atom stereocenters. The predicted octanol–water partition coefficient (Wildman–Crippen LogP) is 10.9. The van der Waals surface area contributed by atoms with Gasteiger partial charge in [-0.15, -0.1) is 0 Å². The molecule has 0 saturated carbocycles. The molecule has 0 saturated heterocycles. The van der Waals surface area contributed by atoms with E-state index in [2.05, 4.69) is 18.2 Å². The highest BCUT2D eigenvalue weighted by atomic mass is 19.4. The maximum atomic E-state index is 14.1. The van der Waals surface area contributed by atoms with Gasteiger partial charge in [0, 0.05) is 21.5 Å². The van der Waals surface area contributed by atoms with Crippen molar-refractivity contribution in [3.8, 4) is 34.6 Å². The van der Waals surface area contributed by atoms with Crippen LogP contribution < -0.4 is 0 Å². The average molecular weight is 631 g/mol. The van der Waals surface area contributed by atoms with Crippen LogP contribution >= 0.6 is 0 Å². The fourth-order valence-corrected chi connectivity index (χ4v) is 6.96. The molecule has 0 radical (unpaired) electrons. The minimum atomic E-state index is -4.66. The van der Waals surface area contributed by atoms with Gasteiger partial charge in [-0.05, 0) is 91.7 Å². The lowest BCUT2D eigenvalue weighted by Crippen LogP contribution is -2.07. The Bertz CT molecular complexity index is 2570. The smallest absolute Gasteiger partial charge is 0.308 e. The lowest BCUT2D eigenvalue weighted by Gasteiger charge is -2.19. The van der Waals surface area contributed by atoms with Crippen LogP contribution in [0.3, 0.4) is 0 Å². The molecule has 2 heterocycles. The minimum Gasteiger partial charge on any atom is -0.308 e. The molecular formula is C41H25F3N4. The lowest BCUT2D eigenvalue weighted by molar-refractivity contribution is -0.137. The van der Waals surface area contributed by atoms with Gasteiger partial charge in [0.05, 0.1) is 50.6 Å². The van der Waals surface area contributed by atoms with Gasteiger partial charge in [-0.3, -0.25) is 0 Å². The standard InChI is InChI=1S/C41H25F3N4/c1-24-11-13-37-32(15-24)30-7-3-5-9-35(30)47(37)39-20-28(27-17-26(22-45)18-29(19-27)41(42,43)44)21-40(34(39)23-46)48-36-10-6-4-8-31(36)33-16-25(2)12-14-38(33)48/h3-21H,1-2H3. The van der Waals surface area contributed by atoms with Crippen LogP contribution in [0.4, 0.5) is 13.2 Å². The van der Waals surface area contributed by atoms with E-state index in [0.717, 1.165) is 66.9 Å². The summed E-state index contributed by atoms with van der Waals surface area (Å²) in [7, 11) is 0. The number of benzene rings is 6. The van der Waals surface area contributed by atoms with Gasteiger partial charge in [-0.2, -0.15) is 23.7 Å². The maximum Gasteiger partial charge on any atom is 0.416 e. The summed E-state index contributed by atoms with van der Waals surface area (Å²) in [4.78, 5) is 0. The van der Waals surface area contributed by atoms with E-state index in [1.54, 1.807) is 12.1 Å². The number of rotatable bonds is 3. The largest absolute Gasteiger partial charge is 0.416 e. The van der Waals surface area contributed by atoms with Gasteiger partial charge in [0.2, 0.25) is 0 Å². The second-order valence-corrected chi connectivity index (χ2v) is 12.2. The van der Waals surface area contributed by atoms with E-state index < -0.39 is 11.7 Å². The van der Waals surface area contributed by atoms with Crippen LogP contribution in [0.15, 0.2) is 115 Å². The first kappa shape index (κ1) is 29.1. The summed E-state index contributed by atoms with van der Waals surface area (Å²) in [6, 6.07) is 39.4. The third-order valence-corrected chi connectivity index (χ3v) is 9.07. The van der Waals surface area contributed by atoms with Gasteiger partial charge in [-0.25, -0.2) is 0 Å². The molecule has 4 nitrogen and oxygen atoms in total. The molecular weight excluding hydrogens is 605 g/mol. The molecule has 8 aromatic rings. The minimum absolute atomic E-state index is 0.105. The number of aryl methyl sites for hydroxylation is 2. The van der Waals surface area contributed by atoms with E-state index in [9.17, 15) is 23.7 Å². The first-order valence-corrected chi connectivity index (χ1v) is 15.4. The average Bonchev–Trinajstić information content (AvgIpc) is 3.59. The molecule has 0 fully saturated rings. The van der Waals surface area contributed by atoms with Crippen LogP contribution in [-0.4, -0.2) is 9.13 Å². The van der Waals surface area contributed by atoms with Gasteiger partial charge >= 0.3 is 6.18 Å². The summed E-state index contributed by atoms with van der Waals surface area (Å²) in [5, 5.41) is 24.7. The number of aromatic nitrogens is 2. The van der Waals surface area contributed by atoms with Gasteiger partial charge in [-0.1, -0.05) is 59.7 Å². The van der Waals surface area contributed by atoms with Crippen molar-refractivity contribution in [2.24, 2.45) is 0 Å². The molecule has 6 aromatic carbocycles. The van der Waals surface area contributed by atoms with Gasteiger partial charge in [0.15, 0.2) is 0 Å². The van der Waals surface area contributed by atoms with E-state index >= 15 is 0 Å². The molecule has 0 aliphatic rings. The Morgan fingerprint density at radius 2 is 1.00 bits per heavy atom. The quantitative estimate of drug-likeness (QED) is 0.195. The van der Waals surface area contributed by atoms with Crippen molar-refractivity contribution in [1.82, 2.24) is 9.13 Å². The number of fused-ring (bicyclic) bond motifs is 6.